The summed E-state index contributed by atoms with van der Waals surface area (Å²) in [4.78, 5) is 19.4. The standard InChI is InChI=1S/C12H9Cl2N3O3S/c1-21(19,20)12-15-6-9(14)10(17-12)11(18)16-8-4-2-3-7(13)5-8/h2-6H,1H3,(H,16,18). The van der Waals surface area contributed by atoms with E-state index in [0.29, 0.717) is 10.7 Å². The molecule has 21 heavy (non-hydrogen) atoms. The number of benzene rings is 1. The Morgan fingerprint density at radius 2 is 2.00 bits per heavy atom. The molecule has 9 heteroatoms. The van der Waals surface area contributed by atoms with E-state index in [-0.39, 0.29) is 10.7 Å². The number of hydrogen-bond acceptors (Lipinski definition) is 5. The highest BCUT2D eigenvalue weighted by Gasteiger charge is 2.19. The van der Waals surface area contributed by atoms with Gasteiger partial charge in [-0.1, -0.05) is 29.3 Å². The van der Waals surface area contributed by atoms with E-state index in [4.69, 9.17) is 23.2 Å². The van der Waals surface area contributed by atoms with Gasteiger partial charge in [0.15, 0.2) is 5.69 Å². The van der Waals surface area contributed by atoms with Gasteiger partial charge < -0.3 is 5.32 Å². The van der Waals surface area contributed by atoms with Crippen molar-refractivity contribution in [3.05, 3.63) is 46.2 Å². The number of carbonyl (C=O) groups is 1. The Balaban J connectivity index is 2.35. The summed E-state index contributed by atoms with van der Waals surface area (Å²) in [6.07, 6.45) is 2.01. The third-order valence-corrected chi connectivity index (χ3v) is 3.72. The molecule has 1 aromatic carbocycles. The molecule has 0 unspecified atom stereocenters. The largest absolute Gasteiger partial charge is 0.321 e. The van der Waals surface area contributed by atoms with Crippen molar-refractivity contribution in [1.29, 1.82) is 0 Å². The van der Waals surface area contributed by atoms with Crippen molar-refractivity contribution >= 4 is 44.6 Å². The number of anilines is 1. The average molecular weight is 346 g/mol. The molecule has 1 aromatic heterocycles. The maximum Gasteiger partial charge on any atom is 0.275 e. The highest BCUT2D eigenvalue weighted by Crippen LogP contribution is 2.18. The van der Waals surface area contributed by atoms with Gasteiger partial charge in [0.2, 0.25) is 15.0 Å². The molecule has 6 nitrogen and oxygen atoms in total. The van der Waals surface area contributed by atoms with Crippen LogP contribution in [0.5, 0.6) is 0 Å². The van der Waals surface area contributed by atoms with Gasteiger partial charge in [0.05, 0.1) is 11.2 Å². The third kappa shape index (κ3) is 3.90. The first-order valence-electron chi connectivity index (χ1n) is 5.57. The van der Waals surface area contributed by atoms with Crippen molar-refractivity contribution in [2.24, 2.45) is 0 Å². The molecule has 0 radical (unpaired) electrons. The lowest BCUT2D eigenvalue weighted by Gasteiger charge is -2.07. The van der Waals surface area contributed by atoms with Crippen LogP contribution < -0.4 is 5.32 Å². The molecular formula is C12H9Cl2N3O3S. The lowest BCUT2D eigenvalue weighted by molar-refractivity contribution is 0.102. The molecule has 0 aliphatic heterocycles. The van der Waals surface area contributed by atoms with Crippen molar-refractivity contribution < 1.29 is 13.2 Å². The van der Waals surface area contributed by atoms with Crippen LogP contribution in [0.3, 0.4) is 0 Å². The molecule has 1 amide bonds. The predicted molar refractivity (Wildman–Crippen MR) is 79.6 cm³/mol. The van der Waals surface area contributed by atoms with Crippen LogP contribution in [0.2, 0.25) is 10.0 Å². The molecule has 0 aliphatic carbocycles. The van der Waals surface area contributed by atoms with Gasteiger partial charge in [-0.25, -0.2) is 18.4 Å². The number of rotatable bonds is 3. The normalized spacial score (nSPS) is 11.2. The molecular weight excluding hydrogens is 337 g/mol. The topological polar surface area (TPSA) is 89.0 Å². The fraction of sp³-hybridized carbons (Fsp3) is 0.0833. The van der Waals surface area contributed by atoms with E-state index in [0.717, 1.165) is 12.5 Å². The van der Waals surface area contributed by atoms with Crippen LogP contribution in [-0.2, 0) is 9.84 Å². The third-order valence-electron chi connectivity index (χ3n) is 2.35. The molecule has 0 saturated carbocycles. The smallest absolute Gasteiger partial charge is 0.275 e. The van der Waals surface area contributed by atoms with Crippen LogP contribution in [0.1, 0.15) is 10.5 Å². The summed E-state index contributed by atoms with van der Waals surface area (Å²) in [6, 6.07) is 6.46. The molecule has 2 rings (SSSR count). The van der Waals surface area contributed by atoms with Crippen molar-refractivity contribution in [2.75, 3.05) is 11.6 Å². The van der Waals surface area contributed by atoms with Crippen LogP contribution in [0, 0.1) is 0 Å². The highest BCUT2D eigenvalue weighted by atomic mass is 35.5. The predicted octanol–water partition coefficient (Wildman–Crippen LogP) is 2.44. The molecule has 110 valence electrons. The zero-order valence-electron chi connectivity index (χ0n) is 10.7. The molecule has 0 saturated heterocycles. The van der Waals surface area contributed by atoms with Crippen LogP contribution in [0.25, 0.3) is 0 Å². The zero-order valence-corrected chi connectivity index (χ0v) is 13.0. The van der Waals surface area contributed by atoms with Gasteiger partial charge in [-0.2, -0.15) is 0 Å². The van der Waals surface area contributed by atoms with Crippen molar-refractivity contribution in [1.82, 2.24) is 9.97 Å². The van der Waals surface area contributed by atoms with Gasteiger partial charge in [-0.15, -0.1) is 0 Å². The number of hydrogen-bond donors (Lipinski definition) is 1. The fourth-order valence-corrected chi connectivity index (χ4v) is 2.31. The minimum atomic E-state index is -3.64. The van der Waals surface area contributed by atoms with Crippen molar-refractivity contribution in [3.63, 3.8) is 0 Å². The van der Waals surface area contributed by atoms with Crippen LogP contribution in [0.15, 0.2) is 35.6 Å². The Labute approximate surface area is 131 Å². The zero-order chi connectivity index (χ0) is 15.6. The van der Waals surface area contributed by atoms with Gasteiger partial charge in [0.1, 0.15) is 0 Å². The summed E-state index contributed by atoms with van der Waals surface area (Å²) < 4.78 is 22.8. The molecule has 0 aliphatic rings. The van der Waals surface area contributed by atoms with Crippen LogP contribution >= 0.6 is 23.2 Å². The number of aromatic nitrogens is 2. The Hall–Kier alpha value is -1.70. The minimum absolute atomic E-state index is 0.0538. The monoisotopic (exact) mass is 345 g/mol. The highest BCUT2D eigenvalue weighted by molar-refractivity contribution is 7.90. The van der Waals surface area contributed by atoms with Crippen LogP contribution in [0.4, 0.5) is 5.69 Å². The first-order chi connectivity index (χ1) is 9.77. The summed E-state index contributed by atoms with van der Waals surface area (Å²) in [6.45, 7) is 0. The first kappa shape index (κ1) is 15.7. The lowest BCUT2D eigenvalue weighted by atomic mass is 10.3. The molecule has 0 spiro atoms. The summed E-state index contributed by atoms with van der Waals surface area (Å²) in [7, 11) is -3.64. The fourth-order valence-electron chi connectivity index (χ4n) is 1.45. The summed E-state index contributed by atoms with van der Waals surface area (Å²) in [5, 5.41) is 2.45. The van der Waals surface area contributed by atoms with Gasteiger partial charge in [-0.3, -0.25) is 4.79 Å². The number of sulfone groups is 1. The summed E-state index contributed by atoms with van der Waals surface area (Å²) in [5.74, 6) is -0.658. The SMILES string of the molecule is CS(=O)(=O)c1ncc(Cl)c(C(=O)Nc2cccc(Cl)c2)n1. The Morgan fingerprint density at radius 1 is 1.29 bits per heavy atom. The van der Waals surface area contributed by atoms with Crippen molar-refractivity contribution in [2.45, 2.75) is 5.16 Å². The summed E-state index contributed by atoms with van der Waals surface area (Å²) in [5.41, 5.74) is 0.204. The van der Waals surface area contributed by atoms with E-state index in [1.54, 1.807) is 18.2 Å². The number of halogens is 2. The second-order valence-corrected chi connectivity index (χ2v) is 6.84. The van der Waals surface area contributed by atoms with Gasteiger partial charge >= 0.3 is 0 Å². The van der Waals surface area contributed by atoms with Gasteiger partial charge in [0.25, 0.3) is 5.91 Å². The Kier molecular flexibility index (Phi) is 4.46. The number of carbonyl (C=O) groups excluding carboxylic acids is 1. The van der Waals surface area contributed by atoms with E-state index >= 15 is 0 Å². The van der Waals surface area contributed by atoms with Crippen LogP contribution in [-0.4, -0.2) is 30.5 Å². The number of nitrogens with one attached hydrogen (secondary N) is 1. The second kappa shape index (κ2) is 5.97. The Morgan fingerprint density at radius 3 is 2.62 bits per heavy atom. The Bertz CT molecular complexity index is 809. The van der Waals surface area contributed by atoms with Gasteiger partial charge in [0, 0.05) is 17.0 Å². The van der Waals surface area contributed by atoms with E-state index in [1.807, 2.05) is 0 Å². The molecule has 1 N–H and O–H groups in total. The lowest BCUT2D eigenvalue weighted by Crippen LogP contribution is -2.17. The molecule has 0 fully saturated rings. The maximum absolute atomic E-state index is 12.1. The first-order valence-corrected chi connectivity index (χ1v) is 8.21. The average Bonchev–Trinajstić information content (AvgIpc) is 2.37. The number of nitrogens with zero attached hydrogens (tertiary/aromatic N) is 2. The van der Waals surface area contributed by atoms with E-state index < -0.39 is 20.9 Å². The second-order valence-electron chi connectivity index (χ2n) is 4.09. The molecule has 0 atom stereocenters. The molecule has 2 aromatic rings. The summed E-state index contributed by atoms with van der Waals surface area (Å²) >= 11 is 11.6. The number of amides is 1. The minimum Gasteiger partial charge on any atom is -0.321 e. The van der Waals surface area contributed by atoms with E-state index in [1.165, 1.54) is 6.07 Å². The van der Waals surface area contributed by atoms with E-state index in [2.05, 4.69) is 15.3 Å². The van der Waals surface area contributed by atoms with Gasteiger partial charge in [-0.05, 0) is 18.2 Å². The quantitative estimate of drug-likeness (QED) is 0.863. The van der Waals surface area contributed by atoms with Crippen molar-refractivity contribution in [3.8, 4) is 0 Å². The molecule has 0 bridgehead atoms. The maximum atomic E-state index is 12.1. The van der Waals surface area contributed by atoms with E-state index in [9.17, 15) is 13.2 Å². The molecule has 1 heterocycles.